The number of rotatable bonds is 8. The van der Waals surface area contributed by atoms with E-state index >= 15 is 0 Å². The van der Waals surface area contributed by atoms with Gasteiger partial charge in [0.05, 0.1) is 27.4 Å². The van der Waals surface area contributed by atoms with Crippen molar-refractivity contribution in [2.75, 3.05) is 19.8 Å². The molecule has 0 fully saturated rings. The lowest BCUT2D eigenvalue weighted by molar-refractivity contribution is -0.145. The predicted octanol–water partition coefficient (Wildman–Crippen LogP) is 4.63. The fourth-order valence-electron chi connectivity index (χ4n) is 2.72. The van der Waals surface area contributed by atoms with Crippen molar-refractivity contribution in [1.82, 2.24) is 0 Å². The van der Waals surface area contributed by atoms with E-state index in [0.29, 0.717) is 37.8 Å². The van der Waals surface area contributed by atoms with Gasteiger partial charge in [-0.25, -0.2) is 14.6 Å². The van der Waals surface area contributed by atoms with Crippen LogP contribution in [-0.2, 0) is 19.1 Å². The maximum absolute atomic E-state index is 12.3. The smallest absolute Gasteiger partial charge is 0.363 e. The Balaban J connectivity index is 1.90. The second-order valence-corrected chi connectivity index (χ2v) is 7.74. The van der Waals surface area contributed by atoms with Gasteiger partial charge in [0.25, 0.3) is 0 Å². The van der Waals surface area contributed by atoms with Crippen molar-refractivity contribution >= 4 is 58.1 Å². The molecule has 2 aromatic rings. The third-order valence-corrected chi connectivity index (χ3v) is 5.13. The zero-order chi connectivity index (χ0) is 22.4. The van der Waals surface area contributed by atoms with Gasteiger partial charge in [-0.2, -0.15) is 0 Å². The van der Waals surface area contributed by atoms with Gasteiger partial charge in [0, 0.05) is 0 Å². The number of halogens is 2. The fourth-order valence-corrected chi connectivity index (χ4v) is 3.72. The van der Waals surface area contributed by atoms with Crippen LogP contribution in [0.25, 0.3) is 6.08 Å². The lowest BCUT2D eigenvalue weighted by Gasteiger charge is -2.14. The highest BCUT2D eigenvalue weighted by Gasteiger charge is 2.26. The van der Waals surface area contributed by atoms with Crippen LogP contribution in [0, 0.1) is 3.57 Å². The van der Waals surface area contributed by atoms with Crippen molar-refractivity contribution in [3.05, 3.63) is 61.8 Å². The maximum Gasteiger partial charge on any atom is 0.363 e. The minimum Gasteiger partial charge on any atom is -0.490 e. The van der Waals surface area contributed by atoms with Gasteiger partial charge in [0.15, 0.2) is 23.8 Å². The average Bonchev–Trinajstić information content (AvgIpc) is 3.08. The van der Waals surface area contributed by atoms with Crippen LogP contribution in [0.1, 0.15) is 25.0 Å². The number of ether oxygens (including phenoxy) is 4. The number of esters is 2. The molecule has 0 aromatic heterocycles. The van der Waals surface area contributed by atoms with Crippen molar-refractivity contribution in [3.8, 4) is 11.5 Å². The van der Waals surface area contributed by atoms with Crippen molar-refractivity contribution < 1.29 is 28.5 Å². The Labute approximate surface area is 198 Å². The van der Waals surface area contributed by atoms with Crippen LogP contribution < -0.4 is 9.47 Å². The van der Waals surface area contributed by atoms with Crippen LogP contribution in [0.2, 0.25) is 5.02 Å². The van der Waals surface area contributed by atoms with Crippen LogP contribution in [0.4, 0.5) is 0 Å². The van der Waals surface area contributed by atoms with E-state index in [1.54, 1.807) is 49.4 Å². The van der Waals surface area contributed by atoms with E-state index in [-0.39, 0.29) is 24.8 Å². The van der Waals surface area contributed by atoms with Crippen molar-refractivity contribution in [3.63, 3.8) is 0 Å². The number of hydrogen-bond acceptors (Lipinski definition) is 7. The molecule has 1 aliphatic rings. The molecule has 7 nitrogen and oxygen atoms in total. The van der Waals surface area contributed by atoms with Gasteiger partial charge in [-0.1, -0.05) is 23.7 Å². The van der Waals surface area contributed by atoms with Crippen molar-refractivity contribution in [2.45, 2.75) is 13.8 Å². The quantitative estimate of drug-likeness (QED) is 0.268. The van der Waals surface area contributed by atoms with Crippen molar-refractivity contribution in [2.24, 2.45) is 4.99 Å². The Hall–Kier alpha value is -2.59. The zero-order valence-corrected chi connectivity index (χ0v) is 19.7. The molecule has 0 amide bonds. The summed E-state index contributed by atoms with van der Waals surface area (Å²) in [7, 11) is 0. The Kier molecular flexibility index (Phi) is 7.91. The number of nitrogens with zero attached hydrogens (tertiary/aromatic N) is 1. The standard InChI is InChI=1S/C22H19ClINO6/c1-3-28-18-11-13(9-16(24)20(18)30-12-19(26)29-4-2)10-17-22(27)31-21(25-17)14-7-5-6-8-15(14)23/h5-11H,3-4,12H2,1-2H3/b17-10-. The van der Waals surface area contributed by atoms with Crippen LogP contribution in [0.5, 0.6) is 11.5 Å². The molecule has 1 heterocycles. The minimum atomic E-state index is -0.578. The molecule has 0 radical (unpaired) electrons. The summed E-state index contributed by atoms with van der Waals surface area (Å²) in [6.45, 7) is 3.99. The van der Waals surface area contributed by atoms with E-state index in [9.17, 15) is 9.59 Å². The Morgan fingerprint density at radius 1 is 1.19 bits per heavy atom. The fraction of sp³-hybridized carbons (Fsp3) is 0.227. The molecule has 0 bridgehead atoms. The molecule has 0 unspecified atom stereocenters. The van der Waals surface area contributed by atoms with Gasteiger partial charge in [0.1, 0.15) is 0 Å². The highest BCUT2D eigenvalue weighted by Crippen LogP contribution is 2.35. The number of carbonyl (C=O) groups is 2. The topological polar surface area (TPSA) is 83.4 Å². The Morgan fingerprint density at radius 2 is 1.97 bits per heavy atom. The molecule has 0 saturated carbocycles. The van der Waals surface area contributed by atoms with E-state index in [2.05, 4.69) is 27.6 Å². The van der Waals surface area contributed by atoms with Gasteiger partial charge in [-0.05, 0) is 72.3 Å². The van der Waals surface area contributed by atoms with Crippen LogP contribution in [0.15, 0.2) is 47.1 Å². The van der Waals surface area contributed by atoms with Gasteiger partial charge >= 0.3 is 11.9 Å². The van der Waals surface area contributed by atoms with Crippen LogP contribution >= 0.6 is 34.2 Å². The number of carbonyl (C=O) groups excluding carboxylic acids is 2. The molecular formula is C22H19ClINO6. The lowest BCUT2D eigenvalue weighted by atomic mass is 10.1. The number of cyclic esters (lactones) is 1. The van der Waals surface area contributed by atoms with Crippen LogP contribution in [-0.4, -0.2) is 37.7 Å². The number of hydrogen-bond donors (Lipinski definition) is 0. The summed E-state index contributed by atoms with van der Waals surface area (Å²) in [4.78, 5) is 28.2. The highest BCUT2D eigenvalue weighted by molar-refractivity contribution is 14.1. The Bertz CT molecular complexity index is 1070. The lowest BCUT2D eigenvalue weighted by Crippen LogP contribution is -2.15. The highest BCUT2D eigenvalue weighted by atomic mass is 127. The van der Waals surface area contributed by atoms with Gasteiger partial charge in [-0.3, -0.25) is 0 Å². The summed E-state index contributed by atoms with van der Waals surface area (Å²) in [6, 6.07) is 10.5. The molecule has 2 aromatic carbocycles. The molecule has 162 valence electrons. The SMILES string of the molecule is CCOC(=O)COc1c(I)cc(/C=C2\N=C(c3ccccc3Cl)OC2=O)cc1OCC. The predicted molar refractivity (Wildman–Crippen MR) is 125 cm³/mol. The molecule has 0 atom stereocenters. The van der Waals surface area contributed by atoms with E-state index in [4.69, 9.17) is 30.5 Å². The molecule has 1 aliphatic heterocycles. The molecule has 9 heteroatoms. The first kappa shape index (κ1) is 23.1. The first-order chi connectivity index (χ1) is 14.9. The molecule has 0 N–H and O–H groups in total. The second-order valence-electron chi connectivity index (χ2n) is 6.17. The Morgan fingerprint density at radius 3 is 2.68 bits per heavy atom. The molecule has 0 aliphatic carbocycles. The first-order valence-corrected chi connectivity index (χ1v) is 10.9. The molecular weight excluding hydrogens is 537 g/mol. The van der Waals surface area contributed by atoms with E-state index in [0.717, 1.165) is 0 Å². The summed E-state index contributed by atoms with van der Waals surface area (Å²) in [5.41, 5.74) is 1.33. The van der Waals surface area contributed by atoms with Gasteiger partial charge in [0.2, 0.25) is 5.90 Å². The second kappa shape index (κ2) is 10.6. The summed E-state index contributed by atoms with van der Waals surface area (Å²) in [6.07, 6.45) is 1.59. The number of aliphatic imine (C=N–C) groups is 1. The molecule has 0 saturated heterocycles. The summed E-state index contributed by atoms with van der Waals surface area (Å²) in [5.74, 6) is -0.0392. The van der Waals surface area contributed by atoms with Gasteiger partial charge in [-0.15, -0.1) is 0 Å². The van der Waals surface area contributed by atoms with E-state index in [1.165, 1.54) is 0 Å². The summed E-state index contributed by atoms with van der Waals surface area (Å²) < 4.78 is 22.1. The van der Waals surface area contributed by atoms with Crippen molar-refractivity contribution in [1.29, 1.82) is 0 Å². The molecule has 3 rings (SSSR count). The molecule has 31 heavy (non-hydrogen) atoms. The summed E-state index contributed by atoms with van der Waals surface area (Å²) >= 11 is 8.24. The zero-order valence-electron chi connectivity index (χ0n) is 16.8. The van der Waals surface area contributed by atoms with Crippen LogP contribution in [0.3, 0.4) is 0 Å². The normalized spacial score (nSPS) is 14.3. The minimum absolute atomic E-state index is 0.133. The first-order valence-electron chi connectivity index (χ1n) is 9.45. The van der Waals surface area contributed by atoms with E-state index in [1.807, 2.05) is 6.92 Å². The molecule has 0 spiro atoms. The largest absolute Gasteiger partial charge is 0.490 e. The maximum atomic E-state index is 12.3. The third-order valence-electron chi connectivity index (χ3n) is 4.00. The third kappa shape index (κ3) is 5.76. The van der Waals surface area contributed by atoms with E-state index < -0.39 is 11.9 Å². The summed E-state index contributed by atoms with van der Waals surface area (Å²) in [5, 5.41) is 0.437. The monoisotopic (exact) mass is 555 g/mol. The average molecular weight is 556 g/mol. The number of benzene rings is 2. The van der Waals surface area contributed by atoms with Gasteiger partial charge < -0.3 is 18.9 Å².